The zero-order valence-corrected chi connectivity index (χ0v) is 16.2. The minimum atomic E-state index is -3.66. The molecule has 0 saturated heterocycles. The van der Waals surface area contributed by atoms with E-state index in [0.29, 0.717) is 17.1 Å². The first-order valence-electron chi connectivity index (χ1n) is 8.43. The summed E-state index contributed by atoms with van der Waals surface area (Å²) in [6, 6.07) is 14.1. The number of halogens is 1. The van der Waals surface area contributed by atoms with Gasteiger partial charge in [0.05, 0.1) is 17.6 Å². The topological polar surface area (TPSA) is 87.2 Å². The minimum Gasteiger partial charge on any atom is -0.376 e. The molecule has 0 unspecified atom stereocenters. The van der Waals surface area contributed by atoms with Crippen molar-refractivity contribution in [2.45, 2.75) is 5.75 Å². The fourth-order valence-electron chi connectivity index (χ4n) is 2.49. The van der Waals surface area contributed by atoms with Gasteiger partial charge in [0.15, 0.2) is 5.82 Å². The quantitative estimate of drug-likeness (QED) is 0.631. The molecule has 0 amide bonds. The van der Waals surface area contributed by atoms with E-state index in [1.54, 1.807) is 36.5 Å². The average molecular weight is 401 g/mol. The highest BCUT2D eigenvalue weighted by Gasteiger charge is 2.12. The molecule has 0 aliphatic rings. The Hall–Kier alpha value is -3.20. The van der Waals surface area contributed by atoms with Crippen LogP contribution in [0.3, 0.4) is 0 Å². The van der Waals surface area contributed by atoms with E-state index in [4.69, 9.17) is 0 Å². The lowest BCUT2D eigenvalue weighted by molar-refractivity contribution is 0.599. The largest absolute Gasteiger partial charge is 0.376 e. The molecule has 7 nitrogen and oxygen atoms in total. The Labute approximate surface area is 163 Å². The molecule has 0 saturated carbocycles. The van der Waals surface area contributed by atoms with Crippen molar-refractivity contribution in [1.29, 1.82) is 0 Å². The Kier molecular flexibility index (Phi) is 5.74. The minimum absolute atomic E-state index is 0.308. The number of nitrogens with zero attached hydrogens (tertiary/aromatic N) is 3. The van der Waals surface area contributed by atoms with E-state index in [9.17, 15) is 12.8 Å². The van der Waals surface area contributed by atoms with E-state index in [0.717, 1.165) is 11.4 Å². The van der Waals surface area contributed by atoms with Gasteiger partial charge in [0.2, 0.25) is 10.0 Å². The first-order chi connectivity index (χ1) is 13.3. The molecule has 3 rings (SSSR count). The molecule has 0 spiro atoms. The summed E-state index contributed by atoms with van der Waals surface area (Å²) in [7, 11) is 0.160. The maximum absolute atomic E-state index is 13.2. The zero-order chi connectivity index (χ0) is 20.1. The molecule has 3 aromatic rings. The predicted octanol–water partition coefficient (Wildman–Crippen LogP) is 3.37. The molecule has 0 bridgehead atoms. The van der Waals surface area contributed by atoms with Crippen LogP contribution in [0.1, 0.15) is 5.56 Å². The van der Waals surface area contributed by atoms with Crippen molar-refractivity contribution in [3.63, 3.8) is 0 Å². The first-order valence-corrected chi connectivity index (χ1v) is 10.1. The van der Waals surface area contributed by atoms with Gasteiger partial charge in [0, 0.05) is 31.5 Å². The Morgan fingerprint density at radius 1 is 1.04 bits per heavy atom. The highest BCUT2D eigenvalue weighted by molar-refractivity contribution is 7.91. The van der Waals surface area contributed by atoms with E-state index in [1.165, 1.54) is 18.2 Å². The third-order valence-electron chi connectivity index (χ3n) is 3.83. The van der Waals surface area contributed by atoms with Crippen molar-refractivity contribution in [3.8, 4) is 0 Å². The fraction of sp³-hybridized carbons (Fsp3) is 0.158. The number of benzene rings is 2. The van der Waals surface area contributed by atoms with Crippen molar-refractivity contribution in [1.82, 2.24) is 10.2 Å². The molecule has 2 N–H and O–H groups in total. The van der Waals surface area contributed by atoms with Crippen molar-refractivity contribution in [3.05, 3.63) is 72.2 Å². The molecule has 0 aliphatic heterocycles. The molecule has 28 heavy (non-hydrogen) atoms. The Morgan fingerprint density at radius 3 is 2.43 bits per heavy atom. The van der Waals surface area contributed by atoms with Gasteiger partial charge in [-0.25, -0.2) is 12.8 Å². The van der Waals surface area contributed by atoms with Crippen LogP contribution in [0.15, 0.2) is 60.8 Å². The van der Waals surface area contributed by atoms with E-state index >= 15 is 0 Å². The SMILES string of the molecule is CN(C)c1cnnc(Nc2ccc(NS(=O)(=O)Cc3cccc(F)c3)cc2)c1. The summed E-state index contributed by atoms with van der Waals surface area (Å²) in [5.41, 5.74) is 2.43. The number of hydrogen-bond acceptors (Lipinski definition) is 6. The van der Waals surface area contributed by atoms with E-state index in [1.807, 2.05) is 25.1 Å². The van der Waals surface area contributed by atoms with Gasteiger partial charge in [-0.15, -0.1) is 5.10 Å². The number of hydrogen-bond donors (Lipinski definition) is 2. The Bertz CT molecular complexity index is 1060. The monoisotopic (exact) mass is 401 g/mol. The highest BCUT2D eigenvalue weighted by atomic mass is 32.2. The van der Waals surface area contributed by atoms with Crippen molar-refractivity contribution < 1.29 is 12.8 Å². The molecule has 0 atom stereocenters. The molecule has 0 aliphatic carbocycles. The molecule has 9 heteroatoms. The van der Waals surface area contributed by atoms with Crippen molar-refractivity contribution in [2.24, 2.45) is 0 Å². The summed E-state index contributed by atoms with van der Waals surface area (Å²) in [5.74, 6) is -0.201. The van der Waals surface area contributed by atoms with E-state index in [2.05, 4.69) is 20.2 Å². The summed E-state index contributed by atoms with van der Waals surface area (Å²) < 4.78 is 40.3. The molecule has 0 fully saturated rings. The summed E-state index contributed by atoms with van der Waals surface area (Å²) in [6.07, 6.45) is 1.65. The summed E-state index contributed by atoms with van der Waals surface area (Å²) in [6.45, 7) is 0. The number of nitrogens with one attached hydrogen (secondary N) is 2. The van der Waals surface area contributed by atoms with Gasteiger partial charge in [0.1, 0.15) is 5.82 Å². The van der Waals surface area contributed by atoms with Gasteiger partial charge in [-0.3, -0.25) is 4.72 Å². The van der Waals surface area contributed by atoms with Crippen LogP contribution >= 0.6 is 0 Å². The van der Waals surface area contributed by atoms with Gasteiger partial charge in [-0.05, 0) is 42.0 Å². The molecule has 2 aromatic carbocycles. The molecular weight excluding hydrogens is 381 g/mol. The zero-order valence-electron chi connectivity index (χ0n) is 15.4. The molecule has 1 aromatic heterocycles. The molecule has 0 radical (unpaired) electrons. The van der Waals surface area contributed by atoms with Crippen LogP contribution in [-0.2, 0) is 15.8 Å². The molecule has 1 heterocycles. The Balaban J connectivity index is 1.66. The van der Waals surface area contributed by atoms with Crippen LogP contribution in [0.5, 0.6) is 0 Å². The number of sulfonamides is 1. The van der Waals surface area contributed by atoms with Crippen LogP contribution in [0, 0.1) is 5.82 Å². The normalized spacial score (nSPS) is 11.1. The van der Waals surface area contributed by atoms with Crippen LogP contribution < -0.4 is 14.9 Å². The maximum atomic E-state index is 13.2. The summed E-state index contributed by atoms with van der Waals surface area (Å²) in [4.78, 5) is 1.91. The molecular formula is C19H20FN5O2S. The van der Waals surface area contributed by atoms with Gasteiger partial charge < -0.3 is 10.2 Å². The van der Waals surface area contributed by atoms with Gasteiger partial charge in [-0.1, -0.05) is 12.1 Å². The first kappa shape index (κ1) is 19.6. The smallest absolute Gasteiger partial charge is 0.236 e. The summed E-state index contributed by atoms with van der Waals surface area (Å²) in [5, 5.41) is 11.1. The van der Waals surface area contributed by atoms with E-state index < -0.39 is 15.8 Å². The second kappa shape index (κ2) is 8.22. The van der Waals surface area contributed by atoms with E-state index in [-0.39, 0.29) is 5.75 Å². The van der Waals surface area contributed by atoms with Crippen molar-refractivity contribution in [2.75, 3.05) is 29.0 Å². The van der Waals surface area contributed by atoms with Crippen LogP contribution in [0.25, 0.3) is 0 Å². The maximum Gasteiger partial charge on any atom is 0.236 e. The van der Waals surface area contributed by atoms with Gasteiger partial charge in [-0.2, -0.15) is 5.10 Å². The second-order valence-corrected chi connectivity index (χ2v) is 8.11. The predicted molar refractivity (Wildman–Crippen MR) is 109 cm³/mol. The number of rotatable bonds is 7. The lowest BCUT2D eigenvalue weighted by Crippen LogP contribution is -2.15. The third kappa shape index (κ3) is 5.40. The van der Waals surface area contributed by atoms with Crippen LogP contribution in [-0.4, -0.2) is 32.7 Å². The molecule has 146 valence electrons. The highest BCUT2D eigenvalue weighted by Crippen LogP contribution is 2.21. The Morgan fingerprint density at radius 2 is 1.75 bits per heavy atom. The number of anilines is 4. The van der Waals surface area contributed by atoms with Gasteiger partial charge >= 0.3 is 0 Å². The lowest BCUT2D eigenvalue weighted by atomic mass is 10.2. The summed E-state index contributed by atoms with van der Waals surface area (Å²) >= 11 is 0. The van der Waals surface area contributed by atoms with Crippen LogP contribution in [0.2, 0.25) is 0 Å². The number of aromatic nitrogens is 2. The van der Waals surface area contributed by atoms with Crippen LogP contribution in [0.4, 0.5) is 27.3 Å². The third-order valence-corrected chi connectivity index (χ3v) is 5.09. The van der Waals surface area contributed by atoms with Crippen molar-refractivity contribution >= 4 is 32.9 Å². The standard InChI is InChI=1S/C19H20FN5O2S/c1-25(2)18-11-19(23-21-12-18)22-16-6-8-17(9-7-16)24-28(26,27)13-14-4-3-5-15(20)10-14/h3-12,24H,13H2,1-2H3,(H,22,23). The fourth-order valence-corrected chi connectivity index (χ4v) is 3.68. The van der Waals surface area contributed by atoms with Gasteiger partial charge in [0.25, 0.3) is 0 Å². The average Bonchev–Trinajstić information content (AvgIpc) is 2.63. The lowest BCUT2D eigenvalue weighted by Gasteiger charge is -2.13. The second-order valence-electron chi connectivity index (χ2n) is 6.39.